The first-order chi connectivity index (χ1) is 3.60. The molecule has 1 N–H and O–H groups in total. The molecule has 0 heterocycles. The summed E-state index contributed by atoms with van der Waals surface area (Å²) in [6.45, 7) is 1.62. The molecule has 1 atom stereocenters. The third-order valence-electron chi connectivity index (χ3n) is 1.16. The van der Waals surface area contributed by atoms with Crippen LogP contribution in [0.15, 0.2) is 12.2 Å². The molecule has 0 aromatic rings. The Bertz CT molecular complexity index is 145. The van der Waals surface area contributed by atoms with Crippen LogP contribution in [-0.2, 0) is 4.79 Å². The van der Waals surface area contributed by atoms with Gasteiger partial charge in [0, 0.05) is 6.42 Å². The van der Waals surface area contributed by atoms with E-state index >= 15 is 0 Å². The van der Waals surface area contributed by atoms with Crippen LogP contribution in [0.4, 0.5) is 0 Å². The number of hydrogen-bond donors (Lipinski definition) is 1. The van der Waals surface area contributed by atoms with Crippen LogP contribution in [0.3, 0.4) is 0 Å². The van der Waals surface area contributed by atoms with E-state index in [0.717, 1.165) is 0 Å². The number of rotatable bonds is 0. The van der Waals surface area contributed by atoms with Crippen LogP contribution in [0.5, 0.6) is 0 Å². The van der Waals surface area contributed by atoms with Crippen molar-refractivity contribution in [2.45, 2.75) is 18.9 Å². The van der Waals surface area contributed by atoms with E-state index in [1.165, 1.54) is 12.2 Å². The standard InChI is InChI=1S/C6H8O2/c1-6(8)3-2-5(7)4-6/h2-3,8H,4H2,1H3. The third-order valence-corrected chi connectivity index (χ3v) is 1.16. The zero-order valence-electron chi connectivity index (χ0n) is 4.72. The van der Waals surface area contributed by atoms with Crippen LogP contribution in [0, 0.1) is 0 Å². The van der Waals surface area contributed by atoms with Gasteiger partial charge in [-0.15, -0.1) is 0 Å². The van der Waals surface area contributed by atoms with Gasteiger partial charge in [0.25, 0.3) is 0 Å². The highest BCUT2D eigenvalue weighted by Crippen LogP contribution is 2.17. The van der Waals surface area contributed by atoms with E-state index in [0.29, 0.717) is 0 Å². The molecule has 1 aliphatic carbocycles. The van der Waals surface area contributed by atoms with Gasteiger partial charge in [-0.2, -0.15) is 0 Å². The second-order valence-corrected chi connectivity index (χ2v) is 2.33. The maximum absolute atomic E-state index is 10.4. The molecule has 0 amide bonds. The molecule has 2 nitrogen and oxygen atoms in total. The Morgan fingerprint density at radius 3 is 2.62 bits per heavy atom. The van der Waals surface area contributed by atoms with E-state index < -0.39 is 5.60 Å². The Labute approximate surface area is 47.8 Å². The summed E-state index contributed by atoms with van der Waals surface area (Å²) in [7, 11) is 0. The smallest absolute Gasteiger partial charge is 0.158 e. The van der Waals surface area contributed by atoms with Crippen molar-refractivity contribution in [3.05, 3.63) is 12.2 Å². The Morgan fingerprint density at radius 2 is 2.50 bits per heavy atom. The summed E-state index contributed by atoms with van der Waals surface area (Å²) in [5.74, 6) is 0.00926. The Hall–Kier alpha value is -0.630. The predicted molar refractivity (Wildman–Crippen MR) is 29.4 cm³/mol. The second kappa shape index (κ2) is 1.42. The van der Waals surface area contributed by atoms with Gasteiger partial charge in [-0.1, -0.05) is 0 Å². The summed E-state index contributed by atoms with van der Waals surface area (Å²) in [6, 6.07) is 0. The van der Waals surface area contributed by atoms with Gasteiger partial charge >= 0.3 is 0 Å². The molecule has 2 heteroatoms. The summed E-state index contributed by atoms with van der Waals surface area (Å²) >= 11 is 0. The highest BCUT2D eigenvalue weighted by Gasteiger charge is 2.24. The van der Waals surface area contributed by atoms with Gasteiger partial charge in [-0.25, -0.2) is 0 Å². The van der Waals surface area contributed by atoms with Crippen molar-refractivity contribution >= 4 is 5.78 Å². The van der Waals surface area contributed by atoms with Crippen molar-refractivity contribution < 1.29 is 9.90 Å². The molecule has 1 unspecified atom stereocenters. The summed E-state index contributed by atoms with van der Waals surface area (Å²) in [5, 5.41) is 9.06. The number of ketones is 1. The third kappa shape index (κ3) is 0.954. The molecule has 0 saturated heterocycles. The van der Waals surface area contributed by atoms with Crippen molar-refractivity contribution in [1.29, 1.82) is 0 Å². The molecular weight excluding hydrogens is 104 g/mol. The number of hydrogen-bond acceptors (Lipinski definition) is 2. The number of carbonyl (C=O) groups excluding carboxylic acids is 1. The molecule has 0 aliphatic heterocycles. The molecule has 8 heavy (non-hydrogen) atoms. The van der Waals surface area contributed by atoms with Crippen LogP contribution in [0.2, 0.25) is 0 Å². The summed E-state index contributed by atoms with van der Waals surface area (Å²) in [6.07, 6.45) is 3.18. The highest BCUT2D eigenvalue weighted by atomic mass is 16.3. The minimum Gasteiger partial charge on any atom is -0.386 e. The van der Waals surface area contributed by atoms with E-state index in [2.05, 4.69) is 0 Å². The van der Waals surface area contributed by atoms with Crippen molar-refractivity contribution in [1.82, 2.24) is 0 Å². The van der Waals surface area contributed by atoms with E-state index in [9.17, 15) is 4.79 Å². The molecule has 0 fully saturated rings. The zero-order chi connectivity index (χ0) is 6.20. The Morgan fingerprint density at radius 1 is 1.88 bits per heavy atom. The molecule has 0 bridgehead atoms. The van der Waals surface area contributed by atoms with Crippen LogP contribution in [0.25, 0.3) is 0 Å². The van der Waals surface area contributed by atoms with Gasteiger partial charge in [0.15, 0.2) is 5.78 Å². The lowest BCUT2D eigenvalue weighted by atomic mass is 10.1. The fourth-order valence-electron chi connectivity index (χ4n) is 0.743. The van der Waals surface area contributed by atoms with Gasteiger partial charge in [-0.05, 0) is 19.1 Å². The lowest BCUT2D eigenvalue weighted by Gasteiger charge is -2.09. The SMILES string of the molecule is CC1(O)C=CC(=O)C1. The summed E-state index contributed by atoms with van der Waals surface area (Å²) < 4.78 is 0. The van der Waals surface area contributed by atoms with E-state index in [1.807, 2.05) is 0 Å². The van der Waals surface area contributed by atoms with E-state index in [-0.39, 0.29) is 12.2 Å². The average Bonchev–Trinajstić information content (AvgIpc) is 1.82. The molecular formula is C6H8O2. The van der Waals surface area contributed by atoms with Crippen molar-refractivity contribution in [2.24, 2.45) is 0 Å². The maximum Gasteiger partial charge on any atom is 0.158 e. The van der Waals surface area contributed by atoms with Gasteiger partial charge in [0.1, 0.15) is 0 Å². The first-order valence-electron chi connectivity index (χ1n) is 2.55. The van der Waals surface area contributed by atoms with Crippen LogP contribution >= 0.6 is 0 Å². The second-order valence-electron chi connectivity index (χ2n) is 2.33. The van der Waals surface area contributed by atoms with E-state index in [1.54, 1.807) is 6.92 Å². The van der Waals surface area contributed by atoms with Gasteiger partial charge < -0.3 is 5.11 Å². The number of allylic oxidation sites excluding steroid dienone is 1. The molecule has 44 valence electrons. The first kappa shape index (κ1) is 5.51. The maximum atomic E-state index is 10.4. The molecule has 0 aromatic heterocycles. The van der Waals surface area contributed by atoms with Gasteiger partial charge in [-0.3, -0.25) is 4.79 Å². The highest BCUT2D eigenvalue weighted by molar-refractivity contribution is 5.93. The van der Waals surface area contributed by atoms with Gasteiger partial charge in [0.2, 0.25) is 0 Å². The molecule has 0 spiro atoms. The minimum atomic E-state index is -0.864. The molecule has 1 aliphatic rings. The monoisotopic (exact) mass is 112 g/mol. The molecule has 0 radical (unpaired) electrons. The first-order valence-corrected chi connectivity index (χ1v) is 2.55. The zero-order valence-corrected chi connectivity index (χ0v) is 4.72. The quantitative estimate of drug-likeness (QED) is 0.488. The largest absolute Gasteiger partial charge is 0.386 e. The lowest BCUT2D eigenvalue weighted by molar-refractivity contribution is -0.116. The fraction of sp³-hybridized carbons (Fsp3) is 0.500. The summed E-state index contributed by atoms with van der Waals surface area (Å²) in [5.41, 5.74) is -0.864. The number of aliphatic hydroxyl groups is 1. The van der Waals surface area contributed by atoms with Crippen LogP contribution < -0.4 is 0 Å². The normalized spacial score (nSPS) is 36.5. The van der Waals surface area contributed by atoms with Crippen molar-refractivity contribution in [3.8, 4) is 0 Å². The molecule has 1 rings (SSSR count). The van der Waals surface area contributed by atoms with Gasteiger partial charge in [0.05, 0.1) is 5.60 Å². The Balaban J connectivity index is 2.72. The average molecular weight is 112 g/mol. The predicted octanol–water partition coefficient (Wildman–Crippen LogP) is 0.266. The number of carbonyl (C=O) groups is 1. The van der Waals surface area contributed by atoms with Crippen molar-refractivity contribution in [3.63, 3.8) is 0 Å². The van der Waals surface area contributed by atoms with Crippen molar-refractivity contribution in [2.75, 3.05) is 0 Å². The summed E-state index contributed by atoms with van der Waals surface area (Å²) in [4.78, 5) is 10.4. The van der Waals surface area contributed by atoms with E-state index in [4.69, 9.17) is 5.11 Å². The Kier molecular flexibility index (Phi) is 0.978. The minimum absolute atomic E-state index is 0.00926. The van der Waals surface area contributed by atoms with Crippen LogP contribution in [-0.4, -0.2) is 16.5 Å². The molecule has 0 aromatic carbocycles. The lowest BCUT2D eigenvalue weighted by Crippen LogP contribution is -2.18. The van der Waals surface area contributed by atoms with Crippen LogP contribution in [0.1, 0.15) is 13.3 Å². The topological polar surface area (TPSA) is 37.3 Å². The molecule has 0 saturated carbocycles. The fourth-order valence-corrected chi connectivity index (χ4v) is 0.743.